The van der Waals surface area contributed by atoms with Crippen molar-refractivity contribution in [2.24, 2.45) is 5.41 Å². The molecule has 0 heterocycles. The van der Waals surface area contributed by atoms with Gasteiger partial charge in [0.15, 0.2) is 0 Å². The number of hydrogen-bond acceptors (Lipinski definition) is 2. The predicted molar refractivity (Wildman–Crippen MR) is 66.4 cm³/mol. The molecule has 0 bridgehead atoms. The summed E-state index contributed by atoms with van der Waals surface area (Å²) in [5.41, 5.74) is 1.54. The molecular formula is C14H21NO. The van der Waals surface area contributed by atoms with Gasteiger partial charge in [-0.3, -0.25) is 0 Å². The minimum atomic E-state index is 0.397. The molecule has 1 fully saturated rings. The Morgan fingerprint density at radius 3 is 2.62 bits per heavy atom. The molecular weight excluding hydrogens is 198 g/mol. The maximum absolute atomic E-state index is 9.63. The summed E-state index contributed by atoms with van der Waals surface area (Å²) in [6.45, 7) is 4.13. The van der Waals surface area contributed by atoms with E-state index < -0.39 is 0 Å². The number of aromatic hydroxyl groups is 1. The maximum Gasteiger partial charge on any atom is 0.120 e. The topological polar surface area (TPSA) is 32.3 Å². The molecule has 0 aromatic heterocycles. The van der Waals surface area contributed by atoms with E-state index in [1.165, 1.54) is 25.7 Å². The van der Waals surface area contributed by atoms with Crippen LogP contribution in [0.2, 0.25) is 0 Å². The minimum absolute atomic E-state index is 0.397. The van der Waals surface area contributed by atoms with Crippen molar-refractivity contribution in [3.63, 3.8) is 0 Å². The molecule has 2 N–H and O–H groups in total. The number of nitrogens with one attached hydrogen (secondary N) is 1. The Morgan fingerprint density at radius 2 is 2.06 bits per heavy atom. The van der Waals surface area contributed by atoms with E-state index in [2.05, 4.69) is 12.2 Å². The molecule has 0 saturated heterocycles. The third kappa shape index (κ3) is 2.38. The van der Waals surface area contributed by atoms with E-state index >= 15 is 0 Å². The van der Waals surface area contributed by atoms with Gasteiger partial charge in [-0.25, -0.2) is 0 Å². The van der Waals surface area contributed by atoms with Crippen LogP contribution in [0.4, 0.5) is 0 Å². The van der Waals surface area contributed by atoms with Crippen LogP contribution in [0.25, 0.3) is 0 Å². The molecule has 0 spiro atoms. The summed E-state index contributed by atoms with van der Waals surface area (Å²) >= 11 is 0. The maximum atomic E-state index is 9.63. The molecule has 1 saturated carbocycles. The first-order valence-electron chi connectivity index (χ1n) is 6.23. The summed E-state index contributed by atoms with van der Waals surface area (Å²) < 4.78 is 0. The number of para-hydroxylation sites is 1. The lowest BCUT2D eigenvalue weighted by Gasteiger charge is -2.41. The molecule has 1 aromatic carbocycles. The number of phenolic OH excluding ortho intramolecular Hbond substituents is 1. The largest absolute Gasteiger partial charge is 0.508 e. The SMILES string of the molecule is CCC1(CNCc2ccccc2O)CCC1. The molecule has 0 amide bonds. The lowest BCUT2D eigenvalue weighted by atomic mass is 9.67. The first-order valence-corrected chi connectivity index (χ1v) is 6.23. The highest BCUT2D eigenvalue weighted by Crippen LogP contribution is 2.43. The molecule has 0 atom stereocenters. The Hall–Kier alpha value is -1.02. The number of hydrogen-bond donors (Lipinski definition) is 2. The molecule has 16 heavy (non-hydrogen) atoms. The molecule has 0 unspecified atom stereocenters. The summed E-state index contributed by atoms with van der Waals surface area (Å²) in [6.07, 6.45) is 5.36. The van der Waals surface area contributed by atoms with Crippen molar-refractivity contribution in [3.05, 3.63) is 29.8 Å². The summed E-state index contributed by atoms with van der Waals surface area (Å²) in [7, 11) is 0. The van der Waals surface area contributed by atoms with Crippen LogP contribution in [0, 0.1) is 5.41 Å². The number of benzene rings is 1. The van der Waals surface area contributed by atoms with Crippen molar-refractivity contribution in [3.8, 4) is 5.75 Å². The lowest BCUT2D eigenvalue weighted by Crippen LogP contribution is -2.39. The molecule has 1 aliphatic carbocycles. The Bertz CT molecular complexity index is 339. The van der Waals surface area contributed by atoms with Crippen LogP contribution in [0.15, 0.2) is 24.3 Å². The van der Waals surface area contributed by atoms with Gasteiger partial charge >= 0.3 is 0 Å². The monoisotopic (exact) mass is 219 g/mol. The van der Waals surface area contributed by atoms with Crippen LogP contribution in [0.1, 0.15) is 38.2 Å². The van der Waals surface area contributed by atoms with Crippen LogP contribution in [-0.2, 0) is 6.54 Å². The van der Waals surface area contributed by atoms with Crippen molar-refractivity contribution in [2.75, 3.05) is 6.54 Å². The van der Waals surface area contributed by atoms with Crippen molar-refractivity contribution in [2.45, 2.75) is 39.2 Å². The van der Waals surface area contributed by atoms with Crippen LogP contribution in [0.3, 0.4) is 0 Å². The van der Waals surface area contributed by atoms with Gasteiger partial charge in [0.1, 0.15) is 5.75 Å². The second kappa shape index (κ2) is 4.88. The summed E-state index contributed by atoms with van der Waals surface area (Å²) in [5, 5.41) is 13.1. The zero-order valence-electron chi connectivity index (χ0n) is 10.00. The lowest BCUT2D eigenvalue weighted by molar-refractivity contribution is 0.123. The fourth-order valence-corrected chi connectivity index (χ4v) is 2.45. The molecule has 2 nitrogen and oxygen atoms in total. The second-order valence-electron chi connectivity index (χ2n) is 4.94. The molecule has 1 aromatic rings. The number of phenols is 1. The van der Waals surface area contributed by atoms with Gasteiger partial charge in [-0.15, -0.1) is 0 Å². The van der Waals surface area contributed by atoms with E-state index in [9.17, 15) is 5.11 Å². The Labute approximate surface area is 97.7 Å². The Balaban J connectivity index is 1.82. The van der Waals surface area contributed by atoms with Gasteiger partial charge in [-0.2, -0.15) is 0 Å². The van der Waals surface area contributed by atoms with Crippen LogP contribution in [0.5, 0.6) is 5.75 Å². The Morgan fingerprint density at radius 1 is 1.31 bits per heavy atom. The van der Waals surface area contributed by atoms with Crippen molar-refractivity contribution in [1.82, 2.24) is 5.32 Å². The van der Waals surface area contributed by atoms with E-state index in [4.69, 9.17) is 0 Å². The highest BCUT2D eigenvalue weighted by atomic mass is 16.3. The zero-order valence-corrected chi connectivity index (χ0v) is 10.00. The van der Waals surface area contributed by atoms with Gasteiger partial charge in [0.05, 0.1) is 0 Å². The van der Waals surface area contributed by atoms with E-state index in [-0.39, 0.29) is 0 Å². The van der Waals surface area contributed by atoms with Gasteiger partial charge in [0, 0.05) is 18.7 Å². The third-order valence-corrected chi connectivity index (χ3v) is 3.97. The number of rotatable bonds is 5. The van der Waals surface area contributed by atoms with Crippen LogP contribution < -0.4 is 5.32 Å². The van der Waals surface area contributed by atoms with Crippen LogP contribution >= 0.6 is 0 Å². The second-order valence-corrected chi connectivity index (χ2v) is 4.94. The van der Waals surface area contributed by atoms with E-state index in [1.807, 2.05) is 18.2 Å². The van der Waals surface area contributed by atoms with E-state index in [1.54, 1.807) is 6.07 Å². The van der Waals surface area contributed by atoms with Gasteiger partial charge in [-0.1, -0.05) is 31.5 Å². The van der Waals surface area contributed by atoms with Crippen molar-refractivity contribution >= 4 is 0 Å². The highest BCUT2D eigenvalue weighted by Gasteiger charge is 2.34. The first-order chi connectivity index (χ1) is 7.76. The van der Waals surface area contributed by atoms with E-state index in [0.717, 1.165) is 18.7 Å². The quantitative estimate of drug-likeness (QED) is 0.797. The smallest absolute Gasteiger partial charge is 0.120 e. The highest BCUT2D eigenvalue weighted by molar-refractivity contribution is 5.31. The zero-order chi connectivity index (χ0) is 11.4. The van der Waals surface area contributed by atoms with Gasteiger partial charge in [0.25, 0.3) is 0 Å². The minimum Gasteiger partial charge on any atom is -0.508 e. The molecule has 1 aliphatic rings. The van der Waals surface area contributed by atoms with Gasteiger partial charge in [-0.05, 0) is 30.7 Å². The molecule has 88 valence electrons. The molecule has 0 aliphatic heterocycles. The van der Waals surface area contributed by atoms with E-state index in [0.29, 0.717) is 11.2 Å². The fourth-order valence-electron chi connectivity index (χ4n) is 2.45. The third-order valence-electron chi connectivity index (χ3n) is 3.97. The summed E-state index contributed by atoms with van der Waals surface area (Å²) in [4.78, 5) is 0. The molecule has 2 heteroatoms. The van der Waals surface area contributed by atoms with Crippen LogP contribution in [-0.4, -0.2) is 11.7 Å². The van der Waals surface area contributed by atoms with Gasteiger partial charge < -0.3 is 10.4 Å². The summed E-state index contributed by atoms with van der Waals surface area (Å²) in [5.74, 6) is 0.397. The average molecular weight is 219 g/mol. The predicted octanol–water partition coefficient (Wildman–Crippen LogP) is 3.06. The Kier molecular flexibility index (Phi) is 3.49. The normalized spacial score (nSPS) is 18.1. The average Bonchev–Trinajstić information content (AvgIpc) is 2.25. The van der Waals surface area contributed by atoms with Gasteiger partial charge in [0.2, 0.25) is 0 Å². The fraction of sp³-hybridized carbons (Fsp3) is 0.571. The first kappa shape index (κ1) is 11.5. The van der Waals surface area contributed by atoms with Crippen molar-refractivity contribution < 1.29 is 5.11 Å². The molecule has 2 rings (SSSR count). The summed E-state index contributed by atoms with van der Waals surface area (Å²) in [6, 6.07) is 7.55. The standard InChI is InChI=1S/C14H21NO/c1-2-14(8-5-9-14)11-15-10-12-6-3-4-7-13(12)16/h3-4,6-7,15-16H,2,5,8-11H2,1H3. The molecule has 0 radical (unpaired) electrons. The van der Waals surface area contributed by atoms with Crippen molar-refractivity contribution in [1.29, 1.82) is 0 Å².